The molecule has 0 bridgehead atoms. The first-order chi connectivity index (χ1) is 11.9. The first-order valence-electron chi connectivity index (χ1n) is 9.17. The molecule has 0 unspecified atom stereocenters. The summed E-state index contributed by atoms with van der Waals surface area (Å²) in [5.74, 6) is -0.153. The normalized spacial score (nSPS) is 13.3. The van der Waals surface area contributed by atoms with Gasteiger partial charge in [0.05, 0.1) is 0 Å². The number of carbonyl (C=O) groups is 2. The van der Waals surface area contributed by atoms with Crippen LogP contribution in [0.25, 0.3) is 0 Å². The maximum Gasteiger partial charge on any atom is 0.413 e. The maximum absolute atomic E-state index is 12.3. The summed E-state index contributed by atoms with van der Waals surface area (Å²) in [4.78, 5) is 24.5. The second-order valence-electron chi connectivity index (χ2n) is 8.55. The van der Waals surface area contributed by atoms with E-state index in [1.54, 1.807) is 32.9 Å². The number of carbonyl (C=O) groups excluding carboxylic acids is 2. The van der Waals surface area contributed by atoms with Crippen molar-refractivity contribution in [2.45, 2.75) is 78.9 Å². The van der Waals surface area contributed by atoms with Gasteiger partial charge in [-0.3, -0.25) is 0 Å². The maximum atomic E-state index is 12.3. The molecule has 0 saturated carbocycles. The van der Waals surface area contributed by atoms with Gasteiger partial charge in [-0.25, -0.2) is 9.59 Å². The molecule has 5 heteroatoms. The fourth-order valence-electron chi connectivity index (χ4n) is 2.30. The standard InChI is InChI=1S/C21H33NO4/c1-9-21(7,8)15-10-12-16(13-11-15)25-19(24)22-17(14(2)3)18(23)26-20(4,5)6/h10-14,17H,9H2,1-8H3,(H,22,24)/t17-/m0/s1. The Morgan fingerprint density at radius 2 is 1.58 bits per heavy atom. The van der Waals surface area contributed by atoms with Crippen molar-refractivity contribution in [2.75, 3.05) is 0 Å². The summed E-state index contributed by atoms with van der Waals surface area (Å²) in [6.07, 6.45) is 0.344. The minimum atomic E-state index is -0.764. The van der Waals surface area contributed by atoms with Crippen molar-refractivity contribution >= 4 is 12.1 Å². The quantitative estimate of drug-likeness (QED) is 0.735. The predicted molar refractivity (Wildman–Crippen MR) is 103 cm³/mol. The van der Waals surface area contributed by atoms with Crippen molar-refractivity contribution < 1.29 is 19.1 Å². The second-order valence-corrected chi connectivity index (χ2v) is 8.55. The second kappa shape index (κ2) is 8.56. The van der Waals surface area contributed by atoms with Crippen molar-refractivity contribution in [3.8, 4) is 5.75 Å². The van der Waals surface area contributed by atoms with Crippen molar-refractivity contribution in [3.63, 3.8) is 0 Å². The van der Waals surface area contributed by atoms with Crippen LogP contribution in [0.2, 0.25) is 0 Å². The van der Waals surface area contributed by atoms with E-state index in [1.807, 2.05) is 26.0 Å². The highest BCUT2D eigenvalue weighted by atomic mass is 16.6. The number of esters is 1. The molecule has 5 nitrogen and oxygen atoms in total. The van der Waals surface area contributed by atoms with Crippen LogP contribution in [0.1, 0.15) is 67.4 Å². The number of nitrogens with one attached hydrogen (secondary N) is 1. The molecule has 1 aromatic carbocycles. The summed E-state index contributed by atoms with van der Waals surface area (Å²) in [6, 6.07) is 6.69. The van der Waals surface area contributed by atoms with Gasteiger partial charge in [0.1, 0.15) is 17.4 Å². The van der Waals surface area contributed by atoms with Gasteiger partial charge in [-0.05, 0) is 56.2 Å². The molecular weight excluding hydrogens is 330 g/mol. The summed E-state index contributed by atoms with van der Waals surface area (Å²) < 4.78 is 10.7. The Morgan fingerprint density at radius 1 is 1.04 bits per heavy atom. The van der Waals surface area contributed by atoms with Crippen molar-refractivity contribution in [2.24, 2.45) is 5.92 Å². The first kappa shape index (κ1) is 22.0. The highest BCUT2D eigenvalue weighted by Gasteiger charge is 2.29. The molecule has 1 N–H and O–H groups in total. The van der Waals surface area contributed by atoms with Gasteiger partial charge in [0.15, 0.2) is 0 Å². The lowest BCUT2D eigenvalue weighted by atomic mass is 9.82. The lowest BCUT2D eigenvalue weighted by Crippen LogP contribution is -2.48. The van der Waals surface area contributed by atoms with Gasteiger partial charge in [0.25, 0.3) is 0 Å². The zero-order valence-corrected chi connectivity index (χ0v) is 17.3. The third-order valence-electron chi connectivity index (χ3n) is 4.33. The fraction of sp³-hybridized carbons (Fsp3) is 0.619. The lowest BCUT2D eigenvalue weighted by molar-refractivity contribution is -0.158. The zero-order chi connectivity index (χ0) is 20.1. The topological polar surface area (TPSA) is 64.6 Å². The summed E-state index contributed by atoms with van der Waals surface area (Å²) in [7, 11) is 0. The predicted octanol–water partition coefficient (Wildman–Crippen LogP) is 4.83. The average Bonchev–Trinajstić information content (AvgIpc) is 2.51. The molecule has 0 aliphatic heterocycles. The largest absolute Gasteiger partial charge is 0.458 e. The number of hydrogen-bond acceptors (Lipinski definition) is 4. The van der Waals surface area contributed by atoms with E-state index >= 15 is 0 Å². The minimum absolute atomic E-state index is 0.0697. The smallest absolute Gasteiger partial charge is 0.413 e. The van der Waals surface area contributed by atoms with E-state index in [0.717, 1.165) is 6.42 Å². The number of amides is 1. The molecule has 146 valence electrons. The molecule has 0 aromatic heterocycles. The summed E-state index contributed by atoms with van der Waals surface area (Å²) in [6.45, 7) is 15.5. The number of rotatable bonds is 6. The van der Waals surface area contributed by atoms with Gasteiger partial charge in [0, 0.05) is 0 Å². The fourth-order valence-corrected chi connectivity index (χ4v) is 2.30. The Labute approximate surface area is 157 Å². The van der Waals surface area contributed by atoms with E-state index < -0.39 is 23.7 Å². The molecule has 0 radical (unpaired) electrons. The molecule has 1 rings (SSSR count). The van der Waals surface area contributed by atoms with Crippen LogP contribution in [0.4, 0.5) is 4.79 Å². The Morgan fingerprint density at radius 3 is 2.00 bits per heavy atom. The van der Waals surface area contributed by atoms with Crippen LogP contribution >= 0.6 is 0 Å². The zero-order valence-electron chi connectivity index (χ0n) is 17.3. The molecule has 1 atom stereocenters. The van der Waals surface area contributed by atoms with Gasteiger partial charge in [0.2, 0.25) is 0 Å². The van der Waals surface area contributed by atoms with E-state index in [1.165, 1.54) is 5.56 Å². The van der Waals surface area contributed by atoms with Crippen molar-refractivity contribution in [1.29, 1.82) is 0 Å². The third-order valence-corrected chi connectivity index (χ3v) is 4.33. The van der Waals surface area contributed by atoms with Crippen LogP contribution in [0.15, 0.2) is 24.3 Å². The van der Waals surface area contributed by atoms with E-state index in [4.69, 9.17) is 9.47 Å². The number of ether oxygens (including phenoxy) is 2. The molecule has 0 aliphatic rings. The summed E-state index contributed by atoms with van der Waals surface area (Å²) in [5.41, 5.74) is 0.638. The highest BCUT2D eigenvalue weighted by molar-refractivity contribution is 5.82. The molecular formula is C21H33NO4. The van der Waals surface area contributed by atoms with Gasteiger partial charge in [-0.2, -0.15) is 0 Å². The van der Waals surface area contributed by atoms with E-state index in [9.17, 15) is 9.59 Å². The highest BCUT2D eigenvalue weighted by Crippen LogP contribution is 2.28. The Bertz CT molecular complexity index is 612. The molecule has 0 saturated heterocycles. The van der Waals surface area contributed by atoms with Gasteiger partial charge in [-0.15, -0.1) is 0 Å². The van der Waals surface area contributed by atoms with Gasteiger partial charge >= 0.3 is 12.1 Å². The molecule has 1 aromatic rings. The average molecular weight is 363 g/mol. The monoisotopic (exact) mass is 363 g/mol. The molecule has 0 heterocycles. The van der Waals surface area contributed by atoms with Crippen LogP contribution < -0.4 is 10.1 Å². The Kier molecular flexibility index (Phi) is 7.25. The summed E-state index contributed by atoms with van der Waals surface area (Å²) in [5, 5.41) is 2.61. The lowest BCUT2D eigenvalue weighted by Gasteiger charge is -2.26. The van der Waals surface area contributed by atoms with Crippen LogP contribution in [-0.4, -0.2) is 23.7 Å². The van der Waals surface area contributed by atoms with Crippen molar-refractivity contribution in [3.05, 3.63) is 29.8 Å². The van der Waals surface area contributed by atoms with Gasteiger partial charge < -0.3 is 14.8 Å². The number of hydrogen-bond donors (Lipinski definition) is 1. The number of benzene rings is 1. The van der Waals surface area contributed by atoms with E-state index in [0.29, 0.717) is 5.75 Å². The van der Waals surface area contributed by atoms with Crippen LogP contribution in [0.3, 0.4) is 0 Å². The van der Waals surface area contributed by atoms with Crippen LogP contribution in [0.5, 0.6) is 5.75 Å². The Balaban J connectivity index is 2.75. The van der Waals surface area contributed by atoms with E-state index in [2.05, 4.69) is 26.1 Å². The molecule has 1 amide bonds. The minimum Gasteiger partial charge on any atom is -0.458 e. The third kappa shape index (κ3) is 6.70. The molecule has 0 spiro atoms. The van der Waals surface area contributed by atoms with E-state index in [-0.39, 0.29) is 11.3 Å². The molecule has 0 fully saturated rings. The van der Waals surface area contributed by atoms with Crippen LogP contribution in [0, 0.1) is 5.92 Å². The first-order valence-corrected chi connectivity index (χ1v) is 9.17. The molecule has 0 aliphatic carbocycles. The van der Waals surface area contributed by atoms with Gasteiger partial charge in [-0.1, -0.05) is 46.8 Å². The summed E-state index contributed by atoms with van der Waals surface area (Å²) >= 11 is 0. The SMILES string of the molecule is CCC(C)(C)c1ccc(OC(=O)N[C@H](C(=O)OC(C)(C)C)C(C)C)cc1. The Hall–Kier alpha value is -2.04. The molecule has 26 heavy (non-hydrogen) atoms. The van der Waals surface area contributed by atoms with Crippen LogP contribution in [-0.2, 0) is 14.9 Å². The van der Waals surface area contributed by atoms with Crippen molar-refractivity contribution in [1.82, 2.24) is 5.32 Å².